The van der Waals surface area contributed by atoms with E-state index >= 15 is 0 Å². The fourth-order valence-corrected chi connectivity index (χ4v) is 3.03. The number of nitrogens with zero attached hydrogens (tertiary/aromatic N) is 2. The van der Waals surface area contributed by atoms with Crippen LogP contribution in [0.5, 0.6) is 0 Å². The Labute approximate surface area is 115 Å². The molecular formula is C15H23N3O. The lowest BCUT2D eigenvalue weighted by Crippen LogP contribution is -2.28. The van der Waals surface area contributed by atoms with Crippen LogP contribution in [0, 0.1) is 0 Å². The van der Waals surface area contributed by atoms with Gasteiger partial charge >= 0.3 is 0 Å². The second-order valence-electron chi connectivity index (χ2n) is 5.54. The van der Waals surface area contributed by atoms with E-state index in [1.165, 1.54) is 17.0 Å². The summed E-state index contributed by atoms with van der Waals surface area (Å²) in [7, 11) is 0. The van der Waals surface area contributed by atoms with Gasteiger partial charge in [-0.3, -0.25) is 0 Å². The molecule has 1 unspecified atom stereocenters. The molecule has 2 aliphatic heterocycles. The minimum atomic E-state index is 0.400. The summed E-state index contributed by atoms with van der Waals surface area (Å²) < 4.78 is 5.58. The van der Waals surface area contributed by atoms with Crippen molar-refractivity contribution in [2.45, 2.75) is 51.5 Å². The molecule has 4 heteroatoms. The highest BCUT2D eigenvalue weighted by Crippen LogP contribution is 2.26. The van der Waals surface area contributed by atoms with Gasteiger partial charge in [0.2, 0.25) is 0 Å². The van der Waals surface area contributed by atoms with Gasteiger partial charge in [-0.1, -0.05) is 13.3 Å². The van der Waals surface area contributed by atoms with Gasteiger partial charge in [-0.05, 0) is 37.8 Å². The zero-order valence-corrected chi connectivity index (χ0v) is 11.7. The Kier molecular flexibility index (Phi) is 4.09. The summed E-state index contributed by atoms with van der Waals surface area (Å²) in [5, 5.41) is 3.42. The Morgan fingerprint density at radius 1 is 1.37 bits per heavy atom. The van der Waals surface area contributed by atoms with Crippen LogP contribution in [0.1, 0.15) is 54.9 Å². The zero-order chi connectivity index (χ0) is 13.1. The molecule has 1 atom stereocenters. The van der Waals surface area contributed by atoms with Gasteiger partial charge < -0.3 is 10.1 Å². The van der Waals surface area contributed by atoms with Crippen LogP contribution < -0.4 is 5.32 Å². The maximum Gasteiger partial charge on any atom is 0.134 e. The van der Waals surface area contributed by atoms with Crippen molar-refractivity contribution < 1.29 is 4.74 Å². The molecule has 1 fully saturated rings. The molecular weight excluding hydrogens is 238 g/mol. The van der Waals surface area contributed by atoms with Gasteiger partial charge in [0.1, 0.15) is 5.82 Å². The highest BCUT2D eigenvalue weighted by atomic mass is 16.5. The second kappa shape index (κ2) is 5.97. The number of fused-ring (bicyclic) bond motifs is 1. The third kappa shape index (κ3) is 2.79. The van der Waals surface area contributed by atoms with Crippen molar-refractivity contribution in [2.75, 3.05) is 19.8 Å². The van der Waals surface area contributed by atoms with Crippen LogP contribution in [0.3, 0.4) is 0 Å². The monoisotopic (exact) mass is 261 g/mol. The lowest BCUT2D eigenvalue weighted by atomic mass is 9.98. The van der Waals surface area contributed by atoms with Crippen LogP contribution in [0.25, 0.3) is 0 Å². The first-order valence-electron chi connectivity index (χ1n) is 7.55. The van der Waals surface area contributed by atoms with Gasteiger partial charge in [0.25, 0.3) is 0 Å². The van der Waals surface area contributed by atoms with Gasteiger partial charge in [0, 0.05) is 24.8 Å². The fourth-order valence-electron chi connectivity index (χ4n) is 3.03. The molecule has 0 spiro atoms. The van der Waals surface area contributed by atoms with Crippen LogP contribution in [-0.4, -0.2) is 29.7 Å². The van der Waals surface area contributed by atoms with Gasteiger partial charge in [-0.15, -0.1) is 0 Å². The molecule has 0 amide bonds. The normalized spacial score (nSPS) is 23.1. The average molecular weight is 261 g/mol. The van der Waals surface area contributed by atoms with Gasteiger partial charge in [-0.2, -0.15) is 0 Å². The molecule has 104 valence electrons. The van der Waals surface area contributed by atoms with E-state index in [1.54, 1.807) is 0 Å². The van der Waals surface area contributed by atoms with Crippen molar-refractivity contribution in [2.24, 2.45) is 0 Å². The minimum Gasteiger partial charge on any atom is -0.381 e. The Balaban J connectivity index is 1.93. The van der Waals surface area contributed by atoms with Crippen molar-refractivity contribution in [3.8, 4) is 0 Å². The van der Waals surface area contributed by atoms with Crippen LogP contribution >= 0.6 is 0 Å². The number of ether oxygens (including phenoxy) is 1. The Morgan fingerprint density at radius 2 is 2.32 bits per heavy atom. The first-order valence-corrected chi connectivity index (χ1v) is 7.55. The summed E-state index contributed by atoms with van der Waals surface area (Å²) in [6.07, 6.45) is 5.60. The molecule has 0 saturated carbocycles. The van der Waals surface area contributed by atoms with Crippen LogP contribution in [0.15, 0.2) is 0 Å². The molecule has 2 aliphatic rings. The lowest BCUT2D eigenvalue weighted by Gasteiger charge is -2.25. The second-order valence-corrected chi connectivity index (χ2v) is 5.54. The largest absolute Gasteiger partial charge is 0.381 e. The number of nitrogens with one attached hydrogen (secondary N) is 1. The van der Waals surface area contributed by atoms with Crippen molar-refractivity contribution in [1.82, 2.24) is 15.3 Å². The zero-order valence-electron chi connectivity index (χ0n) is 11.7. The molecule has 0 aliphatic carbocycles. The molecule has 3 heterocycles. The third-order valence-electron chi connectivity index (χ3n) is 4.05. The van der Waals surface area contributed by atoms with Gasteiger partial charge in [-0.25, -0.2) is 9.97 Å². The van der Waals surface area contributed by atoms with Gasteiger partial charge in [0.05, 0.1) is 12.3 Å². The maximum atomic E-state index is 5.58. The van der Waals surface area contributed by atoms with Crippen LogP contribution in [0.4, 0.5) is 0 Å². The van der Waals surface area contributed by atoms with Crippen molar-refractivity contribution >= 4 is 0 Å². The first kappa shape index (κ1) is 13.0. The summed E-state index contributed by atoms with van der Waals surface area (Å²) in [4.78, 5) is 9.71. The van der Waals surface area contributed by atoms with E-state index in [0.29, 0.717) is 5.92 Å². The van der Waals surface area contributed by atoms with E-state index < -0.39 is 0 Å². The number of aryl methyl sites for hydroxylation is 1. The van der Waals surface area contributed by atoms with Gasteiger partial charge in [0.15, 0.2) is 0 Å². The van der Waals surface area contributed by atoms with Crippen molar-refractivity contribution in [3.05, 3.63) is 22.8 Å². The van der Waals surface area contributed by atoms with E-state index in [2.05, 4.69) is 12.2 Å². The molecule has 1 N–H and O–H groups in total. The molecule has 1 saturated heterocycles. The van der Waals surface area contributed by atoms with E-state index in [-0.39, 0.29) is 0 Å². The summed E-state index contributed by atoms with van der Waals surface area (Å²) in [5.74, 6) is 1.42. The van der Waals surface area contributed by atoms with Crippen LogP contribution in [-0.2, 0) is 24.1 Å². The molecule has 4 nitrogen and oxygen atoms in total. The summed E-state index contributed by atoms with van der Waals surface area (Å²) >= 11 is 0. The van der Waals surface area contributed by atoms with E-state index in [1.807, 2.05) is 0 Å². The molecule has 0 bridgehead atoms. The average Bonchev–Trinajstić information content (AvgIpc) is 2.48. The number of hydrogen-bond acceptors (Lipinski definition) is 4. The topological polar surface area (TPSA) is 47.0 Å². The number of hydrogen-bond donors (Lipinski definition) is 1. The predicted octanol–water partition coefficient (Wildman–Crippen LogP) is 1.97. The number of rotatable bonds is 3. The summed E-state index contributed by atoms with van der Waals surface area (Å²) in [6.45, 7) is 5.86. The molecule has 19 heavy (non-hydrogen) atoms. The Hall–Kier alpha value is -1.00. The molecule has 3 rings (SSSR count). The Morgan fingerprint density at radius 3 is 3.11 bits per heavy atom. The standard InChI is InChI=1S/C15H23N3O/c1-2-4-13-12-6-7-16-9-14(12)18-15(17-13)11-5-3-8-19-10-11/h11,16H,2-10H2,1H3. The van der Waals surface area contributed by atoms with Crippen molar-refractivity contribution in [3.63, 3.8) is 0 Å². The Bertz CT molecular complexity index is 441. The summed E-state index contributed by atoms with van der Waals surface area (Å²) in [5.41, 5.74) is 3.92. The quantitative estimate of drug-likeness (QED) is 0.903. The predicted molar refractivity (Wildman–Crippen MR) is 74.2 cm³/mol. The molecule has 1 aromatic rings. The maximum absolute atomic E-state index is 5.58. The number of aromatic nitrogens is 2. The first-order chi connectivity index (χ1) is 9.38. The smallest absolute Gasteiger partial charge is 0.134 e. The van der Waals surface area contributed by atoms with E-state index in [0.717, 1.165) is 64.2 Å². The molecule has 0 aromatic carbocycles. The van der Waals surface area contributed by atoms with Crippen molar-refractivity contribution in [1.29, 1.82) is 0 Å². The highest BCUT2D eigenvalue weighted by molar-refractivity contribution is 5.29. The molecule has 1 aromatic heterocycles. The van der Waals surface area contributed by atoms with Crippen LogP contribution in [0.2, 0.25) is 0 Å². The summed E-state index contributed by atoms with van der Waals surface area (Å²) in [6, 6.07) is 0. The fraction of sp³-hybridized carbons (Fsp3) is 0.733. The molecule has 0 radical (unpaired) electrons. The SMILES string of the molecule is CCCc1nc(C2CCCOC2)nc2c1CCNC2. The van der Waals surface area contributed by atoms with E-state index in [4.69, 9.17) is 14.7 Å². The third-order valence-corrected chi connectivity index (χ3v) is 4.05. The highest BCUT2D eigenvalue weighted by Gasteiger charge is 2.23. The minimum absolute atomic E-state index is 0.400. The lowest BCUT2D eigenvalue weighted by molar-refractivity contribution is 0.0779. The van der Waals surface area contributed by atoms with E-state index in [9.17, 15) is 0 Å².